The predicted octanol–water partition coefficient (Wildman–Crippen LogP) is 1.26. The molecule has 112 valence electrons. The van der Waals surface area contributed by atoms with Crippen LogP contribution in [0.2, 0.25) is 5.02 Å². The highest BCUT2D eigenvalue weighted by Gasteiger charge is 2.05. The van der Waals surface area contributed by atoms with E-state index in [0.717, 1.165) is 11.3 Å². The fourth-order valence-electron chi connectivity index (χ4n) is 1.78. The Labute approximate surface area is 127 Å². The quantitative estimate of drug-likeness (QED) is 0.719. The molecule has 0 bridgehead atoms. The molecule has 0 atom stereocenters. The van der Waals surface area contributed by atoms with Gasteiger partial charge in [0.15, 0.2) is 0 Å². The Morgan fingerprint density at radius 3 is 2.95 bits per heavy atom. The van der Waals surface area contributed by atoms with Crippen LogP contribution in [0.1, 0.15) is 5.56 Å². The first-order chi connectivity index (χ1) is 10.2. The van der Waals surface area contributed by atoms with Crippen LogP contribution >= 0.6 is 11.6 Å². The standard InChI is InChI=1S/C14H17ClN4O2/c15-13-4-2-1-3-11(13)7-17-12-8-18-19(9-12)10-14(21)16-5-6-20/h1-4,8-9,17,20H,5-7,10H2,(H,16,21). The molecule has 2 aromatic rings. The summed E-state index contributed by atoms with van der Waals surface area (Å²) in [7, 11) is 0. The molecule has 0 aliphatic rings. The van der Waals surface area contributed by atoms with E-state index in [4.69, 9.17) is 16.7 Å². The van der Waals surface area contributed by atoms with Gasteiger partial charge >= 0.3 is 0 Å². The molecule has 0 radical (unpaired) electrons. The first-order valence-electron chi connectivity index (χ1n) is 6.56. The lowest BCUT2D eigenvalue weighted by Crippen LogP contribution is -2.30. The Balaban J connectivity index is 1.86. The van der Waals surface area contributed by atoms with Crippen molar-refractivity contribution in [2.24, 2.45) is 0 Å². The first-order valence-corrected chi connectivity index (χ1v) is 6.94. The number of carbonyl (C=O) groups is 1. The zero-order chi connectivity index (χ0) is 15.1. The molecule has 0 saturated carbocycles. The highest BCUT2D eigenvalue weighted by Crippen LogP contribution is 2.16. The molecule has 1 amide bonds. The molecule has 1 aromatic heterocycles. The molecular weight excluding hydrogens is 292 g/mol. The molecule has 1 heterocycles. The third-order valence-corrected chi connectivity index (χ3v) is 3.18. The van der Waals surface area contributed by atoms with Gasteiger partial charge in [0, 0.05) is 24.3 Å². The molecule has 1 aromatic carbocycles. The lowest BCUT2D eigenvalue weighted by molar-refractivity contribution is -0.122. The van der Waals surface area contributed by atoms with Gasteiger partial charge in [-0.1, -0.05) is 29.8 Å². The van der Waals surface area contributed by atoms with E-state index >= 15 is 0 Å². The van der Waals surface area contributed by atoms with Crippen LogP contribution in [-0.2, 0) is 17.9 Å². The molecule has 0 unspecified atom stereocenters. The van der Waals surface area contributed by atoms with Crippen LogP contribution in [0, 0.1) is 0 Å². The minimum absolute atomic E-state index is 0.0739. The van der Waals surface area contributed by atoms with Gasteiger partial charge in [0.25, 0.3) is 0 Å². The summed E-state index contributed by atoms with van der Waals surface area (Å²) in [6, 6.07) is 7.60. The zero-order valence-electron chi connectivity index (χ0n) is 11.4. The Bertz CT molecular complexity index is 600. The van der Waals surface area contributed by atoms with E-state index < -0.39 is 0 Å². The van der Waals surface area contributed by atoms with Gasteiger partial charge in [-0.25, -0.2) is 0 Å². The molecule has 0 spiro atoms. The van der Waals surface area contributed by atoms with Gasteiger partial charge in [0.2, 0.25) is 5.91 Å². The van der Waals surface area contributed by atoms with E-state index in [1.807, 2.05) is 24.3 Å². The van der Waals surface area contributed by atoms with E-state index in [1.54, 1.807) is 12.4 Å². The van der Waals surface area contributed by atoms with Crippen LogP contribution in [0.25, 0.3) is 0 Å². The third kappa shape index (κ3) is 4.77. The van der Waals surface area contributed by atoms with E-state index in [-0.39, 0.29) is 25.6 Å². The molecule has 21 heavy (non-hydrogen) atoms. The SMILES string of the molecule is O=C(Cn1cc(NCc2ccccc2Cl)cn1)NCCO. The highest BCUT2D eigenvalue weighted by molar-refractivity contribution is 6.31. The molecule has 2 rings (SSSR count). The second kappa shape index (κ2) is 7.66. The average molecular weight is 309 g/mol. The lowest BCUT2D eigenvalue weighted by atomic mass is 10.2. The third-order valence-electron chi connectivity index (χ3n) is 2.81. The molecular formula is C14H17ClN4O2. The molecule has 0 aliphatic carbocycles. The van der Waals surface area contributed by atoms with E-state index in [2.05, 4.69) is 15.7 Å². The van der Waals surface area contributed by atoms with Crippen molar-refractivity contribution < 1.29 is 9.90 Å². The minimum atomic E-state index is -0.190. The largest absolute Gasteiger partial charge is 0.395 e. The van der Waals surface area contributed by atoms with Crippen molar-refractivity contribution in [2.75, 3.05) is 18.5 Å². The van der Waals surface area contributed by atoms with Crippen molar-refractivity contribution >= 4 is 23.2 Å². The number of aliphatic hydroxyl groups is 1. The van der Waals surface area contributed by atoms with Crippen LogP contribution in [0.4, 0.5) is 5.69 Å². The van der Waals surface area contributed by atoms with Gasteiger partial charge in [-0.05, 0) is 11.6 Å². The van der Waals surface area contributed by atoms with Crippen molar-refractivity contribution in [3.05, 3.63) is 47.2 Å². The molecule has 0 fully saturated rings. The number of aliphatic hydroxyl groups excluding tert-OH is 1. The number of nitrogens with one attached hydrogen (secondary N) is 2. The maximum atomic E-state index is 11.5. The lowest BCUT2D eigenvalue weighted by Gasteiger charge is -2.05. The Morgan fingerprint density at radius 2 is 2.19 bits per heavy atom. The topological polar surface area (TPSA) is 79.2 Å². The number of hydrogen-bond donors (Lipinski definition) is 3. The minimum Gasteiger partial charge on any atom is -0.395 e. The predicted molar refractivity (Wildman–Crippen MR) is 81.1 cm³/mol. The number of hydrogen-bond acceptors (Lipinski definition) is 4. The normalized spacial score (nSPS) is 10.4. The summed E-state index contributed by atoms with van der Waals surface area (Å²) >= 11 is 6.08. The van der Waals surface area contributed by atoms with Gasteiger partial charge in [-0.15, -0.1) is 0 Å². The molecule has 6 nitrogen and oxygen atoms in total. The fraction of sp³-hybridized carbons (Fsp3) is 0.286. The van der Waals surface area contributed by atoms with Crippen LogP contribution in [-0.4, -0.2) is 33.9 Å². The van der Waals surface area contributed by atoms with Crippen LogP contribution in [0.15, 0.2) is 36.7 Å². The van der Waals surface area contributed by atoms with Crippen LogP contribution in [0.3, 0.4) is 0 Å². The summed E-state index contributed by atoms with van der Waals surface area (Å²) in [5.41, 5.74) is 1.80. The summed E-state index contributed by atoms with van der Waals surface area (Å²) in [5.74, 6) is -0.190. The Morgan fingerprint density at radius 1 is 1.38 bits per heavy atom. The Hall–Kier alpha value is -2.05. The van der Waals surface area contributed by atoms with Gasteiger partial charge in [-0.3, -0.25) is 9.48 Å². The van der Waals surface area contributed by atoms with Gasteiger partial charge < -0.3 is 15.7 Å². The summed E-state index contributed by atoms with van der Waals surface area (Å²) in [6.45, 7) is 0.878. The number of rotatable bonds is 7. The summed E-state index contributed by atoms with van der Waals surface area (Å²) in [4.78, 5) is 11.5. The first kappa shape index (κ1) is 15.3. The second-order valence-electron chi connectivity index (χ2n) is 4.45. The number of nitrogens with zero attached hydrogens (tertiary/aromatic N) is 2. The van der Waals surface area contributed by atoms with E-state index in [9.17, 15) is 4.79 Å². The smallest absolute Gasteiger partial charge is 0.241 e. The van der Waals surface area contributed by atoms with Crippen molar-refractivity contribution in [3.63, 3.8) is 0 Å². The van der Waals surface area contributed by atoms with Crippen LogP contribution < -0.4 is 10.6 Å². The van der Waals surface area contributed by atoms with Crippen LogP contribution in [0.5, 0.6) is 0 Å². The highest BCUT2D eigenvalue weighted by atomic mass is 35.5. The molecule has 0 aliphatic heterocycles. The summed E-state index contributed by atoms with van der Waals surface area (Å²) in [5, 5.41) is 19.2. The zero-order valence-corrected chi connectivity index (χ0v) is 12.2. The van der Waals surface area contributed by atoms with Gasteiger partial charge in [0.05, 0.1) is 18.5 Å². The maximum absolute atomic E-state index is 11.5. The maximum Gasteiger partial charge on any atom is 0.241 e. The molecule has 7 heteroatoms. The number of halogens is 1. The second-order valence-corrected chi connectivity index (χ2v) is 4.85. The van der Waals surface area contributed by atoms with Crippen molar-refractivity contribution in [3.8, 4) is 0 Å². The fourth-order valence-corrected chi connectivity index (χ4v) is 1.98. The monoisotopic (exact) mass is 308 g/mol. The molecule has 3 N–H and O–H groups in total. The number of amides is 1. The number of carbonyl (C=O) groups excluding carboxylic acids is 1. The number of anilines is 1. The van der Waals surface area contributed by atoms with Gasteiger partial charge in [-0.2, -0.15) is 5.10 Å². The summed E-state index contributed by atoms with van der Waals surface area (Å²) < 4.78 is 1.53. The van der Waals surface area contributed by atoms with Crippen molar-refractivity contribution in [2.45, 2.75) is 13.1 Å². The van der Waals surface area contributed by atoms with E-state index in [1.165, 1.54) is 4.68 Å². The average Bonchev–Trinajstić information content (AvgIpc) is 2.92. The van der Waals surface area contributed by atoms with Crippen molar-refractivity contribution in [1.29, 1.82) is 0 Å². The van der Waals surface area contributed by atoms with Gasteiger partial charge in [0.1, 0.15) is 6.54 Å². The van der Waals surface area contributed by atoms with E-state index in [0.29, 0.717) is 11.6 Å². The Kier molecular flexibility index (Phi) is 5.59. The summed E-state index contributed by atoms with van der Waals surface area (Å²) in [6.07, 6.45) is 3.39. The number of aromatic nitrogens is 2. The number of benzene rings is 1. The van der Waals surface area contributed by atoms with Crippen molar-refractivity contribution in [1.82, 2.24) is 15.1 Å². The molecule has 0 saturated heterocycles.